The largest absolute Gasteiger partial charge is 0.355 e. The van der Waals surface area contributed by atoms with Crippen LogP contribution in [0.1, 0.15) is 28.7 Å². The van der Waals surface area contributed by atoms with Crippen molar-refractivity contribution >= 4 is 29.3 Å². The number of benzene rings is 2. The monoisotopic (exact) mass is 409 g/mol. The SMILES string of the molecule is CCn1c(Cc2ccccc2)nnc1SCC(=O)Nc1cccc(C(=O)NC)c1. The zero-order chi connectivity index (χ0) is 20.6. The van der Waals surface area contributed by atoms with Gasteiger partial charge in [0.15, 0.2) is 5.16 Å². The maximum Gasteiger partial charge on any atom is 0.251 e. The molecule has 1 aromatic heterocycles. The highest BCUT2D eigenvalue weighted by atomic mass is 32.2. The molecule has 29 heavy (non-hydrogen) atoms. The van der Waals surface area contributed by atoms with Gasteiger partial charge in [-0.1, -0.05) is 48.2 Å². The lowest BCUT2D eigenvalue weighted by atomic mass is 10.1. The molecule has 0 atom stereocenters. The third-order valence-corrected chi connectivity index (χ3v) is 5.25. The summed E-state index contributed by atoms with van der Waals surface area (Å²) in [6.45, 7) is 2.76. The lowest BCUT2D eigenvalue weighted by molar-refractivity contribution is -0.113. The van der Waals surface area contributed by atoms with E-state index < -0.39 is 0 Å². The number of carbonyl (C=O) groups excluding carboxylic acids is 2. The fourth-order valence-electron chi connectivity index (χ4n) is 2.86. The highest BCUT2D eigenvalue weighted by Gasteiger charge is 2.14. The Labute approximate surface area is 173 Å². The molecule has 2 N–H and O–H groups in total. The molecule has 2 aromatic carbocycles. The van der Waals surface area contributed by atoms with Crippen LogP contribution in [-0.4, -0.2) is 39.4 Å². The summed E-state index contributed by atoms with van der Waals surface area (Å²) < 4.78 is 2.02. The van der Waals surface area contributed by atoms with Gasteiger partial charge in [-0.05, 0) is 30.7 Å². The average Bonchev–Trinajstić information content (AvgIpc) is 3.14. The summed E-state index contributed by atoms with van der Waals surface area (Å²) in [7, 11) is 1.57. The molecule has 3 aromatic rings. The third-order valence-electron chi connectivity index (χ3n) is 4.28. The van der Waals surface area contributed by atoms with Gasteiger partial charge < -0.3 is 15.2 Å². The molecular weight excluding hydrogens is 386 g/mol. The maximum atomic E-state index is 12.3. The number of aromatic nitrogens is 3. The van der Waals surface area contributed by atoms with Crippen molar-refractivity contribution in [1.29, 1.82) is 0 Å². The quantitative estimate of drug-likeness (QED) is 0.559. The van der Waals surface area contributed by atoms with E-state index in [-0.39, 0.29) is 17.6 Å². The summed E-state index contributed by atoms with van der Waals surface area (Å²) >= 11 is 1.34. The number of hydrogen-bond donors (Lipinski definition) is 2. The van der Waals surface area contributed by atoms with Gasteiger partial charge in [0, 0.05) is 31.3 Å². The van der Waals surface area contributed by atoms with Crippen LogP contribution >= 0.6 is 11.8 Å². The normalized spacial score (nSPS) is 10.6. The number of nitrogens with one attached hydrogen (secondary N) is 2. The first-order valence-corrected chi connectivity index (χ1v) is 10.3. The summed E-state index contributed by atoms with van der Waals surface area (Å²) in [6, 6.07) is 16.9. The van der Waals surface area contributed by atoms with Crippen molar-refractivity contribution in [1.82, 2.24) is 20.1 Å². The van der Waals surface area contributed by atoms with Gasteiger partial charge in [0.25, 0.3) is 5.91 Å². The Bertz CT molecular complexity index is 988. The minimum Gasteiger partial charge on any atom is -0.355 e. The van der Waals surface area contributed by atoms with Gasteiger partial charge in [0.05, 0.1) is 5.75 Å². The van der Waals surface area contributed by atoms with Crippen LogP contribution in [0, 0.1) is 0 Å². The zero-order valence-electron chi connectivity index (χ0n) is 16.4. The van der Waals surface area contributed by atoms with Crippen LogP contribution in [0.25, 0.3) is 0 Å². The molecule has 0 bridgehead atoms. The molecule has 0 fully saturated rings. The van der Waals surface area contributed by atoms with E-state index in [1.165, 1.54) is 17.3 Å². The first-order chi connectivity index (χ1) is 14.1. The van der Waals surface area contributed by atoms with Crippen LogP contribution < -0.4 is 10.6 Å². The predicted octanol–water partition coefficient (Wildman–Crippen LogP) is 2.98. The molecule has 1 heterocycles. The number of hydrogen-bond acceptors (Lipinski definition) is 5. The molecule has 0 spiro atoms. The Morgan fingerprint density at radius 3 is 2.59 bits per heavy atom. The Morgan fingerprint density at radius 1 is 1.07 bits per heavy atom. The molecule has 2 amide bonds. The van der Waals surface area contributed by atoms with Crippen molar-refractivity contribution in [2.45, 2.75) is 25.0 Å². The van der Waals surface area contributed by atoms with E-state index >= 15 is 0 Å². The fraction of sp³-hybridized carbons (Fsp3) is 0.238. The van der Waals surface area contributed by atoms with Gasteiger partial charge in [0.2, 0.25) is 5.91 Å². The molecule has 0 saturated heterocycles. The second-order valence-corrected chi connectivity index (χ2v) is 7.24. The molecule has 0 unspecified atom stereocenters. The van der Waals surface area contributed by atoms with E-state index in [0.717, 1.165) is 12.4 Å². The molecule has 7 nitrogen and oxygen atoms in total. The predicted molar refractivity (Wildman–Crippen MR) is 114 cm³/mol. The Balaban J connectivity index is 1.61. The van der Waals surface area contributed by atoms with Crippen molar-refractivity contribution < 1.29 is 9.59 Å². The number of rotatable bonds is 8. The average molecular weight is 410 g/mol. The smallest absolute Gasteiger partial charge is 0.251 e. The molecule has 8 heteroatoms. The molecule has 0 saturated carbocycles. The summed E-state index contributed by atoms with van der Waals surface area (Å²) in [6.07, 6.45) is 0.695. The van der Waals surface area contributed by atoms with E-state index in [1.54, 1.807) is 31.3 Å². The zero-order valence-corrected chi connectivity index (χ0v) is 17.2. The standard InChI is InChI=1S/C21H23N5O2S/c1-3-26-18(12-15-8-5-4-6-9-15)24-25-21(26)29-14-19(27)23-17-11-7-10-16(13-17)20(28)22-2/h4-11,13H,3,12,14H2,1-2H3,(H,22,28)(H,23,27). The van der Waals surface area contributed by atoms with Crippen molar-refractivity contribution in [2.24, 2.45) is 0 Å². The van der Waals surface area contributed by atoms with Crippen molar-refractivity contribution in [3.63, 3.8) is 0 Å². The fourth-order valence-corrected chi connectivity index (χ4v) is 3.68. The number of thioether (sulfide) groups is 1. The van der Waals surface area contributed by atoms with Crippen LogP contribution in [0.4, 0.5) is 5.69 Å². The van der Waals surface area contributed by atoms with Crippen LogP contribution in [-0.2, 0) is 17.8 Å². The molecule has 0 aliphatic rings. The van der Waals surface area contributed by atoms with Gasteiger partial charge in [-0.2, -0.15) is 0 Å². The number of anilines is 1. The van der Waals surface area contributed by atoms with Gasteiger partial charge in [-0.3, -0.25) is 9.59 Å². The van der Waals surface area contributed by atoms with E-state index in [9.17, 15) is 9.59 Å². The molecule has 150 valence electrons. The molecule has 0 aliphatic heterocycles. The van der Waals surface area contributed by atoms with Crippen molar-refractivity contribution in [2.75, 3.05) is 18.1 Å². The molecule has 3 rings (SSSR count). The minimum atomic E-state index is -0.197. The lowest BCUT2D eigenvalue weighted by Crippen LogP contribution is -2.19. The Hall–Kier alpha value is -3.13. The summed E-state index contributed by atoms with van der Waals surface area (Å²) in [5, 5.41) is 14.7. The van der Waals surface area contributed by atoms with Crippen molar-refractivity contribution in [3.8, 4) is 0 Å². The lowest BCUT2D eigenvalue weighted by Gasteiger charge is -2.08. The van der Waals surface area contributed by atoms with Crippen LogP contribution in [0.3, 0.4) is 0 Å². The Kier molecular flexibility index (Phi) is 7.02. The number of amides is 2. The molecule has 0 radical (unpaired) electrons. The molecular formula is C21H23N5O2S. The number of carbonyl (C=O) groups is 2. The topological polar surface area (TPSA) is 88.9 Å². The maximum absolute atomic E-state index is 12.3. The van der Waals surface area contributed by atoms with Crippen LogP contribution in [0.15, 0.2) is 59.8 Å². The Morgan fingerprint density at radius 2 is 1.86 bits per heavy atom. The van der Waals surface area contributed by atoms with Crippen LogP contribution in [0.2, 0.25) is 0 Å². The van der Waals surface area contributed by atoms with Gasteiger partial charge >= 0.3 is 0 Å². The van der Waals surface area contributed by atoms with Crippen molar-refractivity contribution in [3.05, 3.63) is 71.5 Å². The number of nitrogens with zero attached hydrogens (tertiary/aromatic N) is 3. The third kappa shape index (κ3) is 5.45. The van der Waals surface area contributed by atoms with Gasteiger partial charge in [-0.25, -0.2) is 0 Å². The van der Waals surface area contributed by atoms with Gasteiger partial charge in [-0.15, -0.1) is 10.2 Å². The first kappa shape index (κ1) is 20.6. The summed E-state index contributed by atoms with van der Waals surface area (Å²) in [4.78, 5) is 24.1. The summed E-state index contributed by atoms with van der Waals surface area (Å²) in [5.74, 6) is 0.713. The van der Waals surface area contributed by atoms with E-state index in [4.69, 9.17) is 0 Å². The van der Waals surface area contributed by atoms with E-state index in [1.807, 2.05) is 29.7 Å². The minimum absolute atomic E-state index is 0.167. The van der Waals surface area contributed by atoms with E-state index in [0.29, 0.717) is 22.8 Å². The second-order valence-electron chi connectivity index (χ2n) is 6.30. The summed E-state index contributed by atoms with van der Waals surface area (Å²) in [5.41, 5.74) is 2.24. The van der Waals surface area contributed by atoms with E-state index in [2.05, 4.69) is 33.0 Å². The highest BCUT2D eigenvalue weighted by Crippen LogP contribution is 2.19. The van der Waals surface area contributed by atoms with Crippen LogP contribution in [0.5, 0.6) is 0 Å². The molecule has 0 aliphatic carbocycles. The second kappa shape index (κ2) is 9.88. The highest BCUT2D eigenvalue weighted by molar-refractivity contribution is 7.99. The van der Waals surface area contributed by atoms with Gasteiger partial charge in [0.1, 0.15) is 5.82 Å². The first-order valence-electron chi connectivity index (χ1n) is 9.31.